The second-order valence-corrected chi connectivity index (χ2v) is 6.93. The highest BCUT2D eigenvalue weighted by atomic mass is 19.1. The molecule has 7 heteroatoms. The molecular formula is C20H19F2N3O2. The van der Waals surface area contributed by atoms with Crippen molar-refractivity contribution in [2.24, 2.45) is 0 Å². The van der Waals surface area contributed by atoms with Crippen LogP contribution in [0.15, 0.2) is 36.4 Å². The molecule has 2 aliphatic heterocycles. The molecule has 1 fully saturated rings. The number of anilines is 2. The Bertz CT molecular complexity index is 911. The Kier molecular flexibility index (Phi) is 4.30. The maximum absolute atomic E-state index is 13.3. The van der Waals surface area contributed by atoms with Gasteiger partial charge in [0.2, 0.25) is 0 Å². The molecule has 0 unspecified atom stereocenters. The summed E-state index contributed by atoms with van der Waals surface area (Å²) in [4.78, 5) is 29.2. The second kappa shape index (κ2) is 6.64. The molecule has 5 nitrogen and oxygen atoms in total. The third-order valence-electron chi connectivity index (χ3n) is 5.17. The zero-order chi connectivity index (χ0) is 19.1. The quantitative estimate of drug-likeness (QED) is 0.877. The van der Waals surface area contributed by atoms with Crippen molar-refractivity contribution in [3.63, 3.8) is 0 Å². The van der Waals surface area contributed by atoms with Crippen LogP contribution in [0.3, 0.4) is 0 Å². The standard InChI is InChI=1S/C20H19F2N3O2/c1-24-17-8-12(19(26)23-15-10-13(21)9-14(22)11-15)5-6-16(17)20(27)25-7-3-2-4-18(24)25/h5-6,8-11,18H,2-4,7H2,1H3,(H,23,26)/t18-/m0/s1. The fourth-order valence-electron chi connectivity index (χ4n) is 3.84. The number of carbonyl (C=O) groups is 2. The van der Waals surface area contributed by atoms with Crippen LogP contribution in [0.25, 0.3) is 0 Å². The SMILES string of the molecule is CN1c2cc(C(=O)Nc3cc(F)cc(F)c3)ccc2C(=O)N2CCCC[C@H]21. The Hall–Kier alpha value is -2.96. The molecule has 27 heavy (non-hydrogen) atoms. The van der Waals surface area contributed by atoms with Crippen LogP contribution in [0.5, 0.6) is 0 Å². The number of halogens is 2. The number of nitrogens with zero attached hydrogens (tertiary/aromatic N) is 2. The second-order valence-electron chi connectivity index (χ2n) is 6.93. The first-order valence-corrected chi connectivity index (χ1v) is 8.89. The number of rotatable bonds is 2. The van der Waals surface area contributed by atoms with E-state index in [-0.39, 0.29) is 17.8 Å². The number of piperidine rings is 1. The molecule has 0 aromatic heterocycles. The van der Waals surface area contributed by atoms with Gasteiger partial charge in [-0.1, -0.05) is 0 Å². The third kappa shape index (κ3) is 3.13. The molecule has 2 heterocycles. The molecule has 2 aromatic carbocycles. The van der Waals surface area contributed by atoms with Crippen molar-refractivity contribution in [3.05, 3.63) is 59.2 Å². The van der Waals surface area contributed by atoms with Crippen LogP contribution >= 0.6 is 0 Å². The molecule has 2 aromatic rings. The van der Waals surface area contributed by atoms with E-state index < -0.39 is 17.5 Å². The van der Waals surface area contributed by atoms with Gasteiger partial charge in [0, 0.05) is 30.9 Å². The van der Waals surface area contributed by atoms with Crippen LogP contribution in [-0.4, -0.2) is 36.5 Å². The zero-order valence-electron chi connectivity index (χ0n) is 14.8. The molecule has 0 radical (unpaired) electrons. The maximum atomic E-state index is 13.3. The lowest BCUT2D eigenvalue weighted by Crippen LogP contribution is -2.55. The number of amides is 2. The van der Waals surface area contributed by atoms with Gasteiger partial charge in [-0.3, -0.25) is 9.59 Å². The Morgan fingerprint density at radius 3 is 2.59 bits per heavy atom. The smallest absolute Gasteiger partial charge is 0.257 e. The first-order chi connectivity index (χ1) is 12.9. The summed E-state index contributed by atoms with van der Waals surface area (Å²) in [5.74, 6) is -2.04. The Balaban J connectivity index is 1.63. The number of benzene rings is 2. The van der Waals surface area contributed by atoms with Gasteiger partial charge in [0.25, 0.3) is 11.8 Å². The van der Waals surface area contributed by atoms with E-state index in [1.54, 1.807) is 18.2 Å². The van der Waals surface area contributed by atoms with Crippen molar-refractivity contribution < 1.29 is 18.4 Å². The van der Waals surface area contributed by atoms with Gasteiger partial charge < -0.3 is 15.1 Å². The lowest BCUT2D eigenvalue weighted by molar-refractivity contribution is 0.0589. The predicted octanol–water partition coefficient (Wildman–Crippen LogP) is 3.62. The lowest BCUT2D eigenvalue weighted by atomic mass is 9.97. The van der Waals surface area contributed by atoms with E-state index in [9.17, 15) is 18.4 Å². The van der Waals surface area contributed by atoms with Crippen molar-refractivity contribution in [3.8, 4) is 0 Å². The number of nitrogens with one attached hydrogen (secondary N) is 1. The highest BCUT2D eigenvalue weighted by molar-refractivity contribution is 6.08. The highest BCUT2D eigenvalue weighted by Crippen LogP contribution is 2.34. The highest BCUT2D eigenvalue weighted by Gasteiger charge is 2.37. The van der Waals surface area contributed by atoms with Gasteiger partial charge in [-0.05, 0) is 49.6 Å². The molecular weight excluding hydrogens is 352 g/mol. The fourth-order valence-corrected chi connectivity index (χ4v) is 3.84. The number of carbonyl (C=O) groups excluding carboxylic acids is 2. The molecule has 2 aliphatic rings. The van der Waals surface area contributed by atoms with Gasteiger partial charge in [0.05, 0.1) is 11.3 Å². The summed E-state index contributed by atoms with van der Waals surface area (Å²) in [6.45, 7) is 0.737. The first-order valence-electron chi connectivity index (χ1n) is 8.89. The Morgan fingerprint density at radius 1 is 1.11 bits per heavy atom. The summed E-state index contributed by atoms with van der Waals surface area (Å²) in [7, 11) is 1.91. The van der Waals surface area contributed by atoms with Crippen molar-refractivity contribution >= 4 is 23.2 Å². The molecule has 0 spiro atoms. The van der Waals surface area contributed by atoms with Crippen molar-refractivity contribution in [1.29, 1.82) is 0 Å². The molecule has 0 aliphatic carbocycles. The van der Waals surface area contributed by atoms with Crippen LogP contribution < -0.4 is 10.2 Å². The van der Waals surface area contributed by atoms with E-state index >= 15 is 0 Å². The summed E-state index contributed by atoms with van der Waals surface area (Å²) in [5, 5.41) is 2.50. The number of fused-ring (bicyclic) bond motifs is 2. The van der Waals surface area contributed by atoms with E-state index in [0.29, 0.717) is 16.8 Å². The minimum absolute atomic E-state index is 0.00521. The van der Waals surface area contributed by atoms with E-state index in [0.717, 1.165) is 44.0 Å². The first kappa shape index (κ1) is 17.5. The average Bonchev–Trinajstić information content (AvgIpc) is 2.65. The van der Waals surface area contributed by atoms with Gasteiger partial charge in [0.15, 0.2) is 0 Å². The molecule has 1 saturated heterocycles. The third-order valence-corrected chi connectivity index (χ3v) is 5.17. The molecule has 140 valence electrons. The van der Waals surface area contributed by atoms with Crippen molar-refractivity contribution in [2.75, 3.05) is 23.8 Å². The monoisotopic (exact) mass is 371 g/mol. The van der Waals surface area contributed by atoms with Crippen LogP contribution in [0, 0.1) is 11.6 Å². The Morgan fingerprint density at radius 2 is 1.85 bits per heavy atom. The van der Waals surface area contributed by atoms with Crippen molar-refractivity contribution in [1.82, 2.24) is 4.90 Å². The van der Waals surface area contributed by atoms with E-state index in [1.165, 1.54) is 0 Å². The van der Waals surface area contributed by atoms with Crippen LogP contribution in [0.2, 0.25) is 0 Å². The zero-order valence-corrected chi connectivity index (χ0v) is 14.8. The van der Waals surface area contributed by atoms with Gasteiger partial charge in [-0.2, -0.15) is 0 Å². The van der Waals surface area contributed by atoms with E-state index in [2.05, 4.69) is 5.32 Å². The minimum Gasteiger partial charge on any atom is -0.354 e. The van der Waals surface area contributed by atoms with Gasteiger partial charge in [-0.15, -0.1) is 0 Å². The molecule has 0 saturated carbocycles. The molecule has 0 bridgehead atoms. The fraction of sp³-hybridized carbons (Fsp3) is 0.300. The van der Waals surface area contributed by atoms with E-state index in [1.807, 2.05) is 16.8 Å². The normalized spacial score (nSPS) is 18.8. The summed E-state index contributed by atoms with van der Waals surface area (Å²) < 4.78 is 26.6. The van der Waals surface area contributed by atoms with Crippen LogP contribution in [0.1, 0.15) is 40.0 Å². The Labute approximate surface area is 155 Å². The topological polar surface area (TPSA) is 52.7 Å². The summed E-state index contributed by atoms with van der Waals surface area (Å²) in [6, 6.07) is 7.69. The van der Waals surface area contributed by atoms with Crippen LogP contribution in [0.4, 0.5) is 20.2 Å². The molecule has 4 rings (SSSR count). The minimum atomic E-state index is -0.765. The van der Waals surface area contributed by atoms with Gasteiger partial charge in [-0.25, -0.2) is 8.78 Å². The summed E-state index contributed by atoms with van der Waals surface area (Å²) >= 11 is 0. The largest absolute Gasteiger partial charge is 0.354 e. The molecule has 1 atom stereocenters. The van der Waals surface area contributed by atoms with E-state index in [4.69, 9.17) is 0 Å². The number of hydrogen-bond acceptors (Lipinski definition) is 3. The average molecular weight is 371 g/mol. The summed E-state index contributed by atoms with van der Waals surface area (Å²) in [5.41, 5.74) is 1.62. The summed E-state index contributed by atoms with van der Waals surface area (Å²) in [6.07, 6.45) is 2.94. The van der Waals surface area contributed by atoms with Crippen LogP contribution in [-0.2, 0) is 0 Å². The predicted molar refractivity (Wildman–Crippen MR) is 97.8 cm³/mol. The molecule has 1 N–H and O–H groups in total. The van der Waals surface area contributed by atoms with Gasteiger partial charge >= 0.3 is 0 Å². The molecule has 2 amide bonds. The van der Waals surface area contributed by atoms with Crippen molar-refractivity contribution in [2.45, 2.75) is 25.4 Å². The van der Waals surface area contributed by atoms with Gasteiger partial charge in [0.1, 0.15) is 17.8 Å². The maximum Gasteiger partial charge on any atom is 0.257 e. The lowest BCUT2D eigenvalue weighted by Gasteiger charge is -2.46. The number of hydrogen-bond donors (Lipinski definition) is 1.